The van der Waals surface area contributed by atoms with Crippen LogP contribution in [0.15, 0.2) is 60.5 Å². The van der Waals surface area contributed by atoms with Gasteiger partial charge in [0.05, 0.1) is 0 Å². The minimum Gasteiger partial charge on any atom is -0.362 e. The molecule has 0 aromatic rings. The van der Waals surface area contributed by atoms with E-state index in [0.717, 1.165) is 12.0 Å². The predicted octanol–water partition coefficient (Wildman–Crippen LogP) is 3.70. The average molecular weight is 201 g/mol. The Bertz CT molecular complexity index is 329. The second-order valence-corrected chi connectivity index (χ2v) is 3.85. The van der Waals surface area contributed by atoms with Crippen molar-refractivity contribution in [3.63, 3.8) is 0 Å². The Morgan fingerprint density at radius 1 is 1.60 bits per heavy atom. The van der Waals surface area contributed by atoms with Crippen molar-refractivity contribution in [3.8, 4) is 0 Å². The Kier molecular flexibility index (Phi) is 4.69. The van der Waals surface area contributed by atoms with Crippen molar-refractivity contribution in [1.82, 2.24) is 5.32 Å². The highest BCUT2D eigenvalue weighted by atomic mass is 14.8. The van der Waals surface area contributed by atoms with E-state index in [0.29, 0.717) is 5.92 Å². The molecule has 0 radical (unpaired) electrons. The van der Waals surface area contributed by atoms with Crippen molar-refractivity contribution in [2.75, 3.05) is 0 Å². The van der Waals surface area contributed by atoms with Crippen LogP contribution in [0.25, 0.3) is 0 Å². The highest BCUT2D eigenvalue weighted by Crippen LogP contribution is 2.13. The zero-order valence-electron chi connectivity index (χ0n) is 9.53. The third-order valence-electron chi connectivity index (χ3n) is 2.34. The van der Waals surface area contributed by atoms with Gasteiger partial charge in [-0.25, -0.2) is 0 Å². The van der Waals surface area contributed by atoms with Crippen LogP contribution in [0.3, 0.4) is 0 Å². The Morgan fingerprint density at radius 3 is 3.00 bits per heavy atom. The summed E-state index contributed by atoms with van der Waals surface area (Å²) in [4.78, 5) is 0. The number of rotatable bonds is 4. The van der Waals surface area contributed by atoms with Gasteiger partial charge in [-0.1, -0.05) is 43.4 Å². The standard InChI is InChI=1S/C14H19N/c1-4-12(2)6-5-11-15-14-9-7-13(3)8-10-14/h4-7,9-11,13,15H,1,8H2,2-3H3/b11-5+,12-6-. The first-order chi connectivity index (χ1) is 7.22. The molecule has 80 valence electrons. The molecule has 1 N–H and O–H groups in total. The molecule has 1 unspecified atom stereocenters. The van der Waals surface area contributed by atoms with Gasteiger partial charge < -0.3 is 5.32 Å². The van der Waals surface area contributed by atoms with Crippen LogP contribution in [-0.2, 0) is 0 Å². The second kappa shape index (κ2) is 6.07. The normalized spacial score (nSPS) is 21.6. The summed E-state index contributed by atoms with van der Waals surface area (Å²) in [6, 6.07) is 0. The van der Waals surface area contributed by atoms with Gasteiger partial charge in [-0.05, 0) is 31.4 Å². The summed E-state index contributed by atoms with van der Waals surface area (Å²) in [7, 11) is 0. The van der Waals surface area contributed by atoms with Crippen molar-refractivity contribution >= 4 is 0 Å². The van der Waals surface area contributed by atoms with Crippen LogP contribution in [0.1, 0.15) is 20.3 Å². The monoisotopic (exact) mass is 201 g/mol. The number of hydrogen-bond acceptors (Lipinski definition) is 1. The average Bonchev–Trinajstić information content (AvgIpc) is 2.26. The topological polar surface area (TPSA) is 12.0 Å². The van der Waals surface area contributed by atoms with Crippen LogP contribution in [0, 0.1) is 5.92 Å². The summed E-state index contributed by atoms with van der Waals surface area (Å²) in [6.45, 7) is 7.94. The molecule has 0 spiro atoms. The van der Waals surface area contributed by atoms with Gasteiger partial charge in [0.1, 0.15) is 0 Å². The van der Waals surface area contributed by atoms with Gasteiger partial charge in [0.15, 0.2) is 0 Å². The largest absolute Gasteiger partial charge is 0.362 e. The quantitative estimate of drug-likeness (QED) is 0.684. The van der Waals surface area contributed by atoms with E-state index in [-0.39, 0.29) is 0 Å². The van der Waals surface area contributed by atoms with E-state index in [1.807, 2.05) is 31.4 Å². The van der Waals surface area contributed by atoms with E-state index < -0.39 is 0 Å². The van der Waals surface area contributed by atoms with Gasteiger partial charge in [0.25, 0.3) is 0 Å². The fraction of sp³-hybridized carbons (Fsp3) is 0.286. The van der Waals surface area contributed by atoms with Crippen LogP contribution in [0.4, 0.5) is 0 Å². The maximum absolute atomic E-state index is 3.69. The second-order valence-electron chi connectivity index (χ2n) is 3.85. The van der Waals surface area contributed by atoms with Crippen molar-refractivity contribution in [2.45, 2.75) is 20.3 Å². The molecule has 1 rings (SSSR count). The van der Waals surface area contributed by atoms with E-state index in [9.17, 15) is 0 Å². The minimum absolute atomic E-state index is 0.669. The van der Waals surface area contributed by atoms with E-state index in [1.54, 1.807) is 0 Å². The molecule has 0 fully saturated rings. The molecule has 15 heavy (non-hydrogen) atoms. The van der Waals surface area contributed by atoms with Gasteiger partial charge in [0, 0.05) is 11.9 Å². The number of hydrogen-bond donors (Lipinski definition) is 1. The molecule has 1 atom stereocenters. The van der Waals surface area contributed by atoms with Crippen LogP contribution in [-0.4, -0.2) is 0 Å². The molecular weight excluding hydrogens is 182 g/mol. The molecule has 1 nitrogen and oxygen atoms in total. The first kappa shape index (κ1) is 11.6. The highest BCUT2D eigenvalue weighted by Gasteiger charge is 2.00. The molecule has 1 aliphatic carbocycles. The molecule has 0 aromatic carbocycles. The zero-order chi connectivity index (χ0) is 11.1. The predicted molar refractivity (Wildman–Crippen MR) is 67.2 cm³/mol. The van der Waals surface area contributed by atoms with E-state index in [4.69, 9.17) is 0 Å². The van der Waals surface area contributed by atoms with Crippen molar-refractivity contribution in [2.24, 2.45) is 5.92 Å². The molecule has 0 saturated heterocycles. The summed E-state index contributed by atoms with van der Waals surface area (Å²) in [5, 5.41) is 3.24. The zero-order valence-corrected chi connectivity index (χ0v) is 9.53. The molecule has 0 aliphatic heterocycles. The summed E-state index contributed by atoms with van der Waals surface area (Å²) in [6.07, 6.45) is 15.5. The summed E-state index contributed by atoms with van der Waals surface area (Å²) in [5.41, 5.74) is 2.34. The fourth-order valence-corrected chi connectivity index (χ4v) is 1.25. The minimum atomic E-state index is 0.669. The van der Waals surface area contributed by atoms with Crippen molar-refractivity contribution in [3.05, 3.63) is 60.5 Å². The van der Waals surface area contributed by atoms with E-state index >= 15 is 0 Å². The lowest BCUT2D eigenvalue weighted by molar-refractivity contribution is 0.724. The van der Waals surface area contributed by atoms with Gasteiger partial charge in [-0.15, -0.1) is 0 Å². The fourth-order valence-electron chi connectivity index (χ4n) is 1.25. The number of allylic oxidation sites excluding steroid dienone is 7. The molecule has 0 saturated carbocycles. The first-order valence-electron chi connectivity index (χ1n) is 5.33. The Hall–Kier alpha value is -1.50. The number of nitrogens with one attached hydrogen (secondary N) is 1. The van der Waals surface area contributed by atoms with Crippen LogP contribution < -0.4 is 5.32 Å². The molecule has 1 heteroatoms. The van der Waals surface area contributed by atoms with Crippen LogP contribution in [0.2, 0.25) is 0 Å². The summed E-state index contributed by atoms with van der Waals surface area (Å²) >= 11 is 0. The first-order valence-corrected chi connectivity index (χ1v) is 5.33. The summed E-state index contributed by atoms with van der Waals surface area (Å²) in [5.74, 6) is 0.669. The maximum atomic E-state index is 3.69. The Morgan fingerprint density at radius 2 is 2.40 bits per heavy atom. The van der Waals surface area contributed by atoms with Crippen LogP contribution >= 0.6 is 0 Å². The van der Waals surface area contributed by atoms with Crippen molar-refractivity contribution in [1.29, 1.82) is 0 Å². The SMILES string of the molecule is C=C/C(C)=C\C=C\NC1=CCC(C)C=C1. The Labute approximate surface area is 92.6 Å². The third kappa shape index (κ3) is 4.50. The third-order valence-corrected chi connectivity index (χ3v) is 2.34. The van der Waals surface area contributed by atoms with E-state index in [2.05, 4.69) is 37.0 Å². The molecule has 0 bridgehead atoms. The highest BCUT2D eigenvalue weighted by molar-refractivity contribution is 5.25. The smallest absolute Gasteiger partial charge is 0.0336 e. The molecule has 1 aliphatic rings. The molecule has 0 amide bonds. The molecule has 0 aromatic heterocycles. The lowest BCUT2D eigenvalue weighted by Crippen LogP contribution is -2.06. The Balaban J connectivity index is 2.38. The molecule has 0 heterocycles. The van der Waals surface area contributed by atoms with Gasteiger partial charge in [-0.3, -0.25) is 0 Å². The lowest BCUT2D eigenvalue weighted by atomic mass is 10.0. The maximum Gasteiger partial charge on any atom is 0.0336 e. The van der Waals surface area contributed by atoms with Gasteiger partial charge in [0.2, 0.25) is 0 Å². The van der Waals surface area contributed by atoms with Gasteiger partial charge in [-0.2, -0.15) is 0 Å². The summed E-state index contributed by atoms with van der Waals surface area (Å²) < 4.78 is 0. The molecular formula is C14H19N. The lowest BCUT2D eigenvalue weighted by Gasteiger charge is -2.10. The van der Waals surface area contributed by atoms with E-state index in [1.165, 1.54) is 5.70 Å². The van der Waals surface area contributed by atoms with Gasteiger partial charge >= 0.3 is 0 Å². The van der Waals surface area contributed by atoms with Crippen LogP contribution in [0.5, 0.6) is 0 Å². The van der Waals surface area contributed by atoms with Crippen molar-refractivity contribution < 1.29 is 0 Å².